The van der Waals surface area contributed by atoms with E-state index in [2.05, 4.69) is 198 Å². The molecule has 50 heavy (non-hydrogen) atoms. The van der Waals surface area contributed by atoms with Crippen LogP contribution in [-0.2, 0) is 5.41 Å². The molecule has 0 saturated carbocycles. The van der Waals surface area contributed by atoms with Gasteiger partial charge in [-0.2, -0.15) is 0 Å². The fourth-order valence-corrected chi connectivity index (χ4v) is 14.1. The standard InChI is InChI=1S/C49H40Si/c1-33-23-26-41-42-27-25-35(32-46(42)49(3,4)45(41)31-33)39-28-30-48(44-22-14-12-20-40(39)44)50(36-15-7-5-8-16-36,37-17-9-6-10-18-37)47-29-24-34(2)38-19-11-13-21-43(38)47/h5-32H,1-4H3. The number of hydrogen-bond donors (Lipinski definition) is 0. The lowest BCUT2D eigenvalue weighted by Gasteiger charge is -2.36. The van der Waals surface area contributed by atoms with Crippen molar-refractivity contribution in [3.63, 3.8) is 0 Å². The molecular weight excluding hydrogens is 617 g/mol. The van der Waals surface area contributed by atoms with Crippen molar-refractivity contribution in [3.05, 3.63) is 192 Å². The molecule has 8 aromatic rings. The van der Waals surface area contributed by atoms with Crippen molar-refractivity contribution in [2.24, 2.45) is 0 Å². The monoisotopic (exact) mass is 656 g/mol. The zero-order valence-corrected chi connectivity index (χ0v) is 30.2. The average Bonchev–Trinajstić information content (AvgIpc) is 3.38. The molecule has 1 heteroatoms. The molecule has 1 aliphatic rings. The van der Waals surface area contributed by atoms with Crippen molar-refractivity contribution in [1.29, 1.82) is 0 Å². The van der Waals surface area contributed by atoms with Gasteiger partial charge in [-0.3, -0.25) is 0 Å². The summed E-state index contributed by atoms with van der Waals surface area (Å²) in [6.45, 7) is 9.20. The quantitative estimate of drug-likeness (QED) is 0.128. The Hall–Kier alpha value is -5.50. The van der Waals surface area contributed by atoms with Gasteiger partial charge in [0.15, 0.2) is 8.07 Å². The minimum atomic E-state index is -2.86. The first-order valence-electron chi connectivity index (χ1n) is 17.8. The number of benzene rings is 8. The molecule has 0 aliphatic heterocycles. The first kappa shape index (κ1) is 30.5. The Kier molecular flexibility index (Phi) is 7.05. The molecule has 0 unspecified atom stereocenters. The van der Waals surface area contributed by atoms with Gasteiger partial charge >= 0.3 is 0 Å². The highest BCUT2D eigenvalue weighted by atomic mass is 28.3. The van der Waals surface area contributed by atoms with Crippen LogP contribution < -0.4 is 20.7 Å². The summed E-state index contributed by atoms with van der Waals surface area (Å²) >= 11 is 0. The van der Waals surface area contributed by atoms with Crippen molar-refractivity contribution in [2.75, 3.05) is 0 Å². The second-order valence-corrected chi connectivity index (χ2v) is 18.3. The molecule has 0 radical (unpaired) electrons. The highest BCUT2D eigenvalue weighted by Gasteiger charge is 2.44. The van der Waals surface area contributed by atoms with Crippen LogP contribution in [0.3, 0.4) is 0 Å². The van der Waals surface area contributed by atoms with Crippen molar-refractivity contribution in [3.8, 4) is 22.3 Å². The fourth-order valence-electron chi connectivity index (χ4n) is 8.98. The van der Waals surface area contributed by atoms with E-state index in [1.807, 2.05) is 0 Å². The Morgan fingerprint density at radius 1 is 0.400 bits per heavy atom. The molecule has 1 aliphatic carbocycles. The molecule has 0 heterocycles. The van der Waals surface area contributed by atoms with Gasteiger partial charge < -0.3 is 0 Å². The van der Waals surface area contributed by atoms with Crippen molar-refractivity contribution in [1.82, 2.24) is 0 Å². The minimum absolute atomic E-state index is 0.0579. The van der Waals surface area contributed by atoms with Crippen LogP contribution in [0.5, 0.6) is 0 Å². The maximum Gasteiger partial charge on any atom is 0.180 e. The molecule has 0 aromatic heterocycles. The van der Waals surface area contributed by atoms with Crippen molar-refractivity contribution >= 4 is 50.4 Å². The lowest BCUT2D eigenvalue weighted by molar-refractivity contribution is 0.660. The summed E-state index contributed by atoms with van der Waals surface area (Å²) in [7, 11) is -2.86. The zero-order valence-electron chi connectivity index (χ0n) is 29.2. The molecule has 0 atom stereocenters. The second-order valence-electron chi connectivity index (χ2n) is 14.6. The van der Waals surface area contributed by atoms with Gasteiger partial charge in [-0.05, 0) is 101 Å². The van der Waals surface area contributed by atoms with Crippen LogP contribution in [0.1, 0.15) is 36.1 Å². The first-order chi connectivity index (χ1) is 24.4. The summed E-state index contributed by atoms with van der Waals surface area (Å²) < 4.78 is 0. The second kappa shape index (κ2) is 11.5. The van der Waals surface area contributed by atoms with Gasteiger partial charge in [0, 0.05) is 5.41 Å². The Balaban J connectivity index is 1.35. The molecule has 0 spiro atoms. The Bertz CT molecular complexity index is 2540. The van der Waals surface area contributed by atoms with Gasteiger partial charge in [0.25, 0.3) is 0 Å². The molecule has 0 nitrogen and oxygen atoms in total. The summed E-state index contributed by atoms with van der Waals surface area (Å²) in [5, 5.41) is 10.9. The fraction of sp³-hybridized carbons (Fsp3) is 0.102. The normalized spacial score (nSPS) is 13.4. The van der Waals surface area contributed by atoms with Gasteiger partial charge in [-0.1, -0.05) is 183 Å². The highest BCUT2D eigenvalue weighted by molar-refractivity contribution is 7.21. The van der Waals surface area contributed by atoms with E-state index in [4.69, 9.17) is 0 Å². The lowest BCUT2D eigenvalue weighted by atomic mass is 9.81. The summed E-state index contributed by atoms with van der Waals surface area (Å²) in [5.41, 5.74) is 10.7. The van der Waals surface area contributed by atoms with E-state index >= 15 is 0 Å². The predicted octanol–water partition coefficient (Wildman–Crippen LogP) is 9.96. The van der Waals surface area contributed by atoms with Crippen LogP contribution in [0.25, 0.3) is 43.8 Å². The number of fused-ring (bicyclic) bond motifs is 5. The summed E-state index contributed by atoms with van der Waals surface area (Å²) in [4.78, 5) is 0. The Morgan fingerprint density at radius 3 is 1.52 bits per heavy atom. The van der Waals surface area contributed by atoms with Crippen molar-refractivity contribution < 1.29 is 0 Å². The van der Waals surface area contributed by atoms with Crippen LogP contribution >= 0.6 is 0 Å². The molecule has 0 saturated heterocycles. The molecular formula is C49H40Si. The summed E-state index contributed by atoms with van der Waals surface area (Å²) in [6, 6.07) is 64.6. The summed E-state index contributed by atoms with van der Waals surface area (Å²) in [6.07, 6.45) is 0. The van der Waals surface area contributed by atoms with Gasteiger partial charge in [-0.15, -0.1) is 0 Å². The average molecular weight is 657 g/mol. The number of aryl methyl sites for hydroxylation is 2. The third-order valence-corrected chi connectivity index (χ3v) is 16.3. The predicted molar refractivity (Wildman–Crippen MR) is 218 cm³/mol. The third-order valence-electron chi connectivity index (χ3n) is 11.4. The molecule has 240 valence electrons. The van der Waals surface area contributed by atoms with E-state index in [-0.39, 0.29) is 5.41 Å². The molecule has 8 aromatic carbocycles. The maximum atomic E-state index is 2.48. The molecule has 0 N–H and O–H groups in total. The largest absolute Gasteiger partial charge is 0.180 e. The first-order valence-corrected chi connectivity index (χ1v) is 19.8. The van der Waals surface area contributed by atoms with Crippen LogP contribution in [-0.4, -0.2) is 8.07 Å². The SMILES string of the molecule is Cc1ccc2c(c1)C(C)(C)c1cc(-c3ccc([Si](c4ccccc4)(c4ccccc4)c4ccc(C)c5ccccc45)c4ccccc34)ccc1-2. The van der Waals surface area contributed by atoms with Gasteiger partial charge in [-0.25, -0.2) is 0 Å². The van der Waals surface area contributed by atoms with E-state index in [1.165, 1.54) is 86.8 Å². The van der Waals surface area contributed by atoms with Crippen LogP contribution in [0.4, 0.5) is 0 Å². The number of rotatable bonds is 5. The van der Waals surface area contributed by atoms with E-state index in [0.29, 0.717) is 0 Å². The minimum Gasteiger partial charge on any atom is -0.0623 e. The summed E-state index contributed by atoms with van der Waals surface area (Å²) in [5.74, 6) is 0. The maximum absolute atomic E-state index is 2.86. The van der Waals surface area contributed by atoms with Crippen LogP contribution in [0.2, 0.25) is 0 Å². The van der Waals surface area contributed by atoms with E-state index in [0.717, 1.165) is 0 Å². The van der Waals surface area contributed by atoms with Crippen LogP contribution in [0, 0.1) is 13.8 Å². The molecule has 0 amide bonds. The van der Waals surface area contributed by atoms with Crippen molar-refractivity contribution in [2.45, 2.75) is 33.1 Å². The van der Waals surface area contributed by atoms with E-state index in [1.54, 1.807) is 0 Å². The zero-order chi connectivity index (χ0) is 34.0. The van der Waals surface area contributed by atoms with E-state index in [9.17, 15) is 0 Å². The topological polar surface area (TPSA) is 0 Å². The third kappa shape index (κ3) is 4.43. The van der Waals surface area contributed by atoms with E-state index < -0.39 is 8.07 Å². The van der Waals surface area contributed by atoms with Gasteiger partial charge in [0.05, 0.1) is 0 Å². The lowest BCUT2D eigenvalue weighted by Crippen LogP contribution is -2.75. The Labute approximate surface area is 296 Å². The van der Waals surface area contributed by atoms with Gasteiger partial charge in [0.1, 0.15) is 0 Å². The molecule has 0 bridgehead atoms. The smallest absolute Gasteiger partial charge is 0.0623 e. The highest BCUT2D eigenvalue weighted by Crippen LogP contribution is 2.50. The molecule has 0 fully saturated rings. The number of hydrogen-bond acceptors (Lipinski definition) is 0. The van der Waals surface area contributed by atoms with Gasteiger partial charge in [0.2, 0.25) is 0 Å². The Morgan fingerprint density at radius 2 is 0.880 bits per heavy atom. The molecule has 9 rings (SSSR count). The van der Waals surface area contributed by atoms with Crippen LogP contribution in [0.15, 0.2) is 170 Å².